The highest BCUT2D eigenvalue weighted by molar-refractivity contribution is 6.16. The highest BCUT2D eigenvalue weighted by atomic mass is 35.5. The third-order valence-corrected chi connectivity index (χ3v) is 1.64. The number of alkyl halides is 1. The van der Waals surface area contributed by atoms with Crippen LogP contribution in [0.25, 0.3) is 0 Å². The number of anilines is 1. The van der Waals surface area contributed by atoms with E-state index in [-0.39, 0.29) is 17.2 Å². The molecule has 13 heavy (non-hydrogen) atoms. The Morgan fingerprint density at radius 1 is 1.62 bits per heavy atom. The van der Waals surface area contributed by atoms with E-state index in [0.717, 1.165) is 0 Å². The summed E-state index contributed by atoms with van der Waals surface area (Å²) in [7, 11) is 0. The average molecular weight is 201 g/mol. The fourth-order valence-electron chi connectivity index (χ4n) is 0.930. The number of aromatic amines is 1. The highest BCUT2D eigenvalue weighted by Gasteiger charge is 1.99. The zero-order valence-electron chi connectivity index (χ0n) is 7.06. The minimum atomic E-state index is -0.234. The first kappa shape index (κ1) is 9.80. The number of hydrogen-bond donors (Lipinski definition) is 2. The molecule has 0 spiro atoms. The summed E-state index contributed by atoms with van der Waals surface area (Å²) < 4.78 is 0. The van der Waals surface area contributed by atoms with Crippen LogP contribution in [0.2, 0.25) is 0 Å². The van der Waals surface area contributed by atoms with Crippen molar-refractivity contribution in [2.75, 3.05) is 5.32 Å². The number of amides is 1. The van der Waals surface area contributed by atoms with Gasteiger partial charge in [-0.25, -0.2) is 0 Å². The summed E-state index contributed by atoms with van der Waals surface area (Å²) >= 11 is 5.52. The molecule has 1 rings (SSSR count). The molecule has 0 aliphatic rings. The number of aromatic nitrogens is 1. The van der Waals surface area contributed by atoms with E-state index >= 15 is 0 Å². The number of H-pyrrole nitrogens is 1. The Kier molecular flexibility index (Phi) is 3.08. The fourth-order valence-corrected chi connectivity index (χ4v) is 1.07. The van der Waals surface area contributed by atoms with Crippen LogP contribution in [0, 0.1) is 0 Å². The summed E-state index contributed by atoms with van der Waals surface area (Å²) in [6.07, 6.45) is 0. The lowest BCUT2D eigenvalue weighted by atomic mass is 10.3. The quantitative estimate of drug-likeness (QED) is 0.702. The molecule has 2 N–H and O–H groups in total. The molecule has 0 aliphatic carbocycles. The van der Waals surface area contributed by atoms with Crippen LogP contribution in [-0.4, -0.2) is 10.9 Å². The number of carbonyl (C=O) groups is 1. The molecule has 0 fully saturated rings. The van der Waals surface area contributed by atoms with E-state index in [1.165, 1.54) is 19.1 Å². The summed E-state index contributed by atoms with van der Waals surface area (Å²) in [4.78, 5) is 24.5. The van der Waals surface area contributed by atoms with E-state index in [0.29, 0.717) is 11.5 Å². The van der Waals surface area contributed by atoms with Crippen LogP contribution in [0.4, 0.5) is 5.82 Å². The molecule has 1 amide bonds. The van der Waals surface area contributed by atoms with Gasteiger partial charge >= 0.3 is 0 Å². The third kappa shape index (κ3) is 2.91. The molecule has 0 aliphatic heterocycles. The van der Waals surface area contributed by atoms with Crippen LogP contribution < -0.4 is 10.7 Å². The van der Waals surface area contributed by atoms with Gasteiger partial charge in [-0.15, -0.1) is 11.6 Å². The molecule has 1 aromatic rings. The Balaban J connectivity index is 3.01. The fraction of sp³-hybridized carbons (Fsp3) is 0.250. The molecule has 0 aromatic carbocycles. The van der Waals surface area contributed by atoms with Crippen LogP contribution >= 0.6 is 11.6 Å². The molecule has 5 heteroatoms. The lowest BCUT2D eigenvalue weighted by molar-refractivity contribution is -0.114. The number of nitrogens with one attached hydrogen (secondary N) is 2. The van der Waals surface area contributed by atoms with Gasteiger partial charge in [0.05, 0.1) is 5.88 Å². The van der Waals surface area contributed by atoms with Crippen LogP contribution in [-0.2, 0) is 10.7 Å². The van der Waals surface area contributed by atoms with E-state index in [4.69, 9.17) is 11.6 Å². The van der Waals surface area contributed by atoms with E-state index in [9.17, 15) is 9.59 Å². The maximum atomic E-state index is 11.0. The first-order valence-corrected chi connectivity index (χ1v) is 4.22. The summed E-state index contributed by atoms with van der Waals surface area (Å²) in [5.74, 6) is 0.348. The molecule has 4 nitrogen and oxygen atoms in total. The number of hydrogen-bond acceptors (Lipinski definition) is 2. The van der Waals surface area contributed by atoms with Crippen molar-refractivity contribution in [2.45, 2.75) is 12.8 Å². The second kappa shape index (κ2) is 4.09. The normalized spacial score (nSPS) is 9.69. The maximum Gasteiger partial charge on any atom is 0.222 e. The van der Waals surface area contributed by atoms with Crippen LogP contribution in [0.15, 0.2) is 16.9 Å². The zero-order chi connectivity index (χ0) is 9.84. The van der Waals surface area contributed by atoms with E-state index in [1.807, 2.05) is 0 Å². The van der Waals surface area contributed by atoms with Gasteiger partial charge in [0.15, 0.2) is 5.43 Å². The summed E-state index contributed by atoms with van der Waals surface area (Å²) in [5, 5.41) is 2.47. The molecule has 0 radical (unpaired) electrons. The van der Waals surface area contributed by atoms with Crippen molar-refractivity contribution in [1.82, 2.24) is 4.98 Å². The van der Waals surface area contributed by atoms with E-state index in [1.54, 1.807) is 0 Å². The molecule has 70 valence electrons. The predicted molar refractivity (Wildman–Crippen MR) is 50.9 cm³/mol. The molecule has 0 atom stereocenters. The van der Waals surface area contributed by atoms with Gasteiger partial charge in [-0.05, 0) is 0 Å². The molecule has 0 saturated heterocycles. The Labute approximate surface area is 79.9 Å². The SMILES string of the molecule is CC(=O)Nc1cc(=O)cc(CCl)[nH]1. The Morgan fingerprint density at radius 3 is 2.85 bits per heavy atom. The molecule has 0 bridgehead atoms. The standard InChI is InChI=1S/C8H9ClN2O2/c1-5(12)10-8-3-7(13)2-6(4-9)11-8/h2-3H,4H2,1H3,(H2,10,11,12,13). The molecule has 1 aromatic heterocycles. The smallest absolute Gasteiger partial charge is 0.222 e. The largest absolute Gasteiger partial charge is 0.344 e. The van der Waals surface area contributed by atoms with Crippen molar-refractivity contribution in [2.24, 2.45) is 0 Å². The van der Waals surface area contributed by atoms with E-state index < -0.39 is 0 Å². The predicted octanol–water partition coefficient (Wildman–Crippen LogP) is 1.07. The topological polar surface area (TPSA) is 62.0 Å². The maximum absolute atomic E-state index is 11.0. The number of halogens is 1. The van der Waals surface area contributed by atoms with Gasteiger partial charge < -0.3 is 10.3 Å². The summed E-state index contributed by atoms with van der Waals surface area (Å²) in [6.45, 7) is 1.37. The van der Waals surface area contributed by atoms with Gasteiger partial charge in [0, 0.05) is 24.8 Å². The first-order valence-electron chi connectivity index (χ1n) is 3.68. The van der Waals surface area contributed by atoms with Gasteiger partial charge in [-0.2, -0.15) is 0 Å². The van der Waals surface area contributed by atoms with Crippen molar-refractivity contribution in [1.29, 1.82) is 0 Å². The molecule has 1 heterocycles. The molecular formula is C8H9ClN2O2. The minimum absolute atomic E-state index is 0.182. The third-order valence-electron chi connectivity index (χ3n) is 1.35. The lowest BCUT2D eigenvalue weighted by Gasteiger charge is -2.03. The first-order chi connectivity index (χ1) is 6.11. The minimum Gasteiger partial charge on any atom is -0.344 e. The van der Waals surface area contributed by atoms with E-state index in [2.05, 4.69) is 10.3 Å². The van der Waals surface area contributed by atoms with Gasteiger partial charge in [0.25, 0.3) is 0 Å². The van der Waals surface area contributed by atoms with Crippen molar-refractivity contribution in [3.63, 3.8) is 0 Å². The Bertz CT molecular complexity index is 373. The van der Waals surface area contributed by atoms with Crippen molar-refractivity contribution in [3.05, 3.63) is 28.0 Å². The van der Waals surface area contributed by atoms with Crippen LogP contribution in [0.5, 0.6) is 0 Å². The Morgan fingerprint density at radius 2 is 2.31 bits per heavy atom. The van der Waals surface area contributed by atoms with Crippen molar-refractivity contribution in [3.8, 4) is 0 Å². The Hall–Kier alpha value is -1.29. The monoisotopic (exact) mass is 200 g/mol. The van der Waals surface area contributed by atoms with Gasteiger partial charge in [0.2, 0.25) is 5.91 Å². The number of pyridine rings is 1. The highest BCUT2D eigenvalue weighted by Crippen LogP contribution is 2.02. The summed E-state index contributed by atoms with van der Waals surface area (Å²) in [5.41, 5.74) is 0.399. The molecule has 0 saturated carbocycles. The lowest BCUT2D eigenvalue weighted by Crippen LogP contribution is -2.12. The second-order valence-electron chi connectivity index (χ2n) is 2.57. The van der Waals surface area contributed by atoms with Crippen LogP contribution in [0.3, 0.4) is 0 Å². The molecule has 0 unspecified atom stereocenters. The molecular weight excluding hydrogens is 192 g/mol. The number of rotatable bonds is 2. The van der Waals surface area contributed by atoms with Gasteiger partial charge in [0.1, 0.15) is 5.82 Å². The number of carbonyl (C=O) groups excluding carboxylic acids is 1. The van der Waals surface area contributed by atoms with Crippen molar-refractivity contribution >= 4 is 23.3 Å². The van der Waals surface area contributed by atoms with Gasteiger partial charge in [-0.1, -0.05) is 0 Å². The zero-order valence-corrected chi connectivity index (χ0v) is 7.81. The summed E-state index contributed by atoms with van der Waals surface area (Å²) in [6, 6.07) is 2.69. The average Bonchev–Trinajstić information content (AvgIpc) is 2.01. The second-order valence-corrected chi connectivity index (χ2v) is 2.84. The van der Waals surface area contributed by atoms with Crippen LogP contribution in [0.1, 0.15) is 12.6 Å². The van der Waals surface area contributed by atoms with Gasteiger partial charge in [-0.3, -0.25) is 9.59 Å². The van der Waals surface area contributed by atoms with Crippen molar-refractivity contribution < 1.29 is 4.79 Å².